The summed E-state index contributed by atoms with van der Waals surface area (Å²) < 4.78 is 0. The molecule has 0 radical (unpaired) electrons. The van der Waals surface area contributed by atoms with Gasteiger partial charge in [-0.3, -0.25) is 4.79 Å². The molecule has 0 saturated heterocycles. The van der Waals surface area contributed by atoms with Crippen LogP contribution in [-0.2, 0) is 4.79 Å². The Morgan fingerprint density at radius 3 is 0.917 bits per heavy atom. The molecular formula is C68H117NO3. The van der Waals surface area contributed by atoms with Crippen molar-refractivity contribution in [2.75, 3.05) is 6.61 Å². The molecule has 0 heterocycles. The number of aliphatic hydroxyl groups excluding tert-OH is 2. The van der Waals surface area contributed by atoms with Crippen molar-refractivity contribution in [3.05, 3.63) is 122 Å². The lowest BCUT2D eigenvalue weighted by atomic mass is 10.0. The van der Waals surface area contributed by atoms with Crippen LogP contribution in [0.15, 0.2) is 122 Å². The monoisotopic (exact) mass is 996 g/mol. The predicted octanol–water partition coefficient (Wildman–Crippen LogP) is 20.8. The summed E-state index contributed by atoms with van der Waals surface area (Å²) in [6.45, 7) is 4.20. The number of allylic oxidation sites excluding steroid dienone is 19. The summed E-state index contributed by atoms with van der Waals surface area (Å²) in [6.07, 6.45) is 95.2. The van der Waals surface area contributed by atoms with Crippen molar-refractivity contribution in [3.8, 4) is 0 Å². The van der Waals surface area contributed by atoms with Crippen LogP contribution in [0.4, 0.5) is 0 Å². The maximum atomic E-state index is 12.5. The van der Waals surface area contributed by atoms with E-state index in [0.29, 0.717) is 6.42 Å². The van der Waals surface area contributed by atoms with Crippen LogP contribution in [-0.4, -0.2) is 34.9 Å². The molecule has 2 atom stereocenters. The van der Waals surface area contributed by atoms with Crippen LogP contribution in [0, 0.1) is 0 Å². The van der Waals surface area contributed by atoms with Crippen molar-refractivity contribution in [3.63, 3.8) is 0 Å². The molecular weight excluding hydrogens is 879 g/mol. The molecule has 0 aliphatic rings. The fourth-order valence-electron chi connectivity index (χ4n) is 8.82. The highest BCUT2D eigenvalue weighted by molar-refractivity contribution is 5.76. The first kappa shape index (κ1) is 68.8. The second-order valence-corrected chi connectivity index (χ2v) is 20.4. The van der Waals surface area contributed by atoms with Crippen LogP contribution in [0.5, 0.6) is 0 Å². The average Bonchev–Trinajstić information content (AvgIpc) is 3.39. The largest absolute Gasteiger partial charge is 0.394 e. The Kier molecular flexibility index (Phi) is 59.3. The van der Waals surface area contributed by atoms with Gasteiger partial charge in [0.25, 0.3) is 0 Å². The number of rotatable bonds is 55. The lowest BCUT2D eigenvalue weighted by molar-refractivity contribution is -0.123. The Morgan fingerprint density at radius 1 is 0.347 bits per heavy atom. The maximum Gasteiger partial charge on any atom is 0.220 e. The number of unbranched alkanes of at least 4 members (excludes halogenated alkanes) is 30. The van der Waals surface area contributed by atoms with Gasteiger partial charge < -0.3 is 15.5 Å². The molecule has 72 heavy (non-hydrogen) atoms. The van der Waals surface area contributed by atoms with Gasteiger partial charge in [0.1, 0.15) is 0 Å². The Bertz CT molecular complexity index is 1410. The van der Waals surface area contributed by atoms with Crippen molar-refractivity contribution in [2.24, 2.45) is 0 Å². The highest BCUT2D eigenvalue weighted by Gasteiger charge is 2.18. The fraction of sp³-hybridized carbons (Fsp3) is 0.691. The zero-order valence-electron chi connectivity index (χ0n) is 47.4. The number of carbonyl (C=O) groups excluding carboxylic acids is 1. The zero-order chi connectivity index (χ0) is 52.0. The molecule has 0 aromatic carbocycles. The standard InChI is InChI=1S/C68H117NO3/c1-3-5-7-9-11-13-15-17-19-21-23-25-27-29-31-33-34-36-38-40-42-44-46-48-50-52-54-56-58-60-62-64-68(72)69-66(65-70)67(71)63-61-59-57-55-53-51-49-47-45-43-41-39-37-35-32-30-28-26-24-22-20-18-16-14-12-10-8-6-4-2/h5,7,11,13,17,19,23,25,29,31,34,36,40,42,46,48,52,54,61,63,66-67,70-71H,3-4,6,8-10,12,14-16,18,20-22,24,26-28,30,32-33,35,37-39,41,43-45,47,49-51,53,55-60,62,64-65H2,1-2H3,(H,69,72)/b7-5-,13-11-,19-17-,25-23-,31-29-,36-34-,42-40-,48-46-,54-52-,63-61+. The summed E-state index contributed by atoms with van der Waals surface area (Å²) in [6, 6.07) is -0.651. The van der Waals surface area contributed by atoms with Crippen molar-refractivity contribution in [1.82, 2.24) is 5.32 Å². The number of carbonyl (C=O) groups is 1. The second kappa shape index (κ2) is 62.1. The van der Waals surface area contributed by atoms with E-state index in [2.05, 4.69) is 129 Å². The van der Waals surface area contributed by atoms with E-state index >= 15 is 0 Å². The van der Waals surface area contributed by atoms with Gasteiger partial charge in [0.15, 0.2) is 0 Å². The van der Waals surface area contributed by atoms with E-state index in [0.717, 1.165) is 96.3 Å². The van der Waals surface area contributed by atoms with Crippen LogP contribution in [0.2, 0.25) is 0 Å². The van der Waals surface area contributed by atoms with Gasteiger partial charge in [-0.05, 0) is 89.9 Å². The Morgan fingerprint density at radius 2 is 0.611 bits per heavy atom. The van der Waals surface area contributed by atoms with E-state index in [1.54, 1.807) is 6.08 Å². The van der Waals surface area contributed by atoms with Crippen LogP contribution in [0.1, 0.15) is 284 Å². The van der Waals surface area contributed by atoms with Crippen LogP contribution in [0.25, 0.3) is 0 Å². The first-order chi connectivity index (χ1) is 35.7. The number of hydrogen-bond acceptors (Lipinski definition) is 3. The lowest BCUT2D eigenvalue weighted by Gasteiger charge is -2.19. The van der Waals surface area contributed by atoms with Gasteiger partial charge in [0, 0.05) is 6.42 Å². The highest BCUT2D eigenvalue weighted by Crippen LogP contribution is 2.17. The van der Waals surface area contributed by atoms with Gasteiger partial charge in [-0.1, -0.05) is 309 Å². The molecule has 4 heteroatoms. The van der Waals surface area contributed by atoms with Crippen LogP contribution >= 0.6 is 0 Å². The van der Waals surface area contributed by atoms with E-state index in [1.807, 2.05) is 6.08 Å². The third-order valence-corrected chi connectivity index (χ3v) is 13.5. The molecule has 0 rings (SSSR count). The minimum Gasteiger partial charge on any atom is -0.394 e. The van der Waals surface area contributed by atoms with Gasteiger partial charge in [-0.25, -0.2) is 0 Å². The molecule has 1 amide bonds. The molecule has 412 valence electrons. The Labute approximate surface area is 448 Å². The van der Waals surface area contributed by atoms with Gasteiger partial charge in [0.2, 0.25) is 5.91 Å². The van der Waals surface area contributed by atoms with Gasteiger partial charge in [-0.2, -0.15) is 0 Å². The van der Waals surface area contributed by atoms with Gasteiger partial charge in [-0.15, -0.1) is 0 Å². The molecule has 0 aromatic rings. The van der Waals surface area contributed by atoms with E-state index in [1.165, 1.54) is 167 Å². The van der Waals surface area contributed by atoms with Crippen LogP contribution < -0.4 is 5.32 Å². The average molecular weight is 997 g/mol. The maximum absolute atomic E-state index is 12.5. The van der Waals surface area contributed by atoms with Crippen molar-refractivity contribution >= 4 is 5.91 Å². The number of amides is 1. The molecule has 0 bridgehead atoms. The quantitative estimate of drug-likeness (QED) is 0.0420. The summed E-state index contributed by atoms with van der Waals surface area (Å²) in [5.41, 5.74) is 0. The summed E-state index contributed by atoms with van der Waals surface area (Å²) in [5.74, 6) is -0.0980. The minimum atomic E-state index is -0.864. The normalized spacial score (nSPS) is 13.7. The molecule has 3 N–H and O–H groups in total. The zero-order valence-corrected chi connectivity index (χ0v) is 47.4. The second-order valence-electron chi connectivity index (χ2n) is 20.4. The van der Waals surface area contributed by atoms with Gasteiger partial charge in [0.05, 0.1) is 18.8 Å². The van der Waals surface area contributed by atoms with Crippen LogP contribution in [0.3, 0.4) is 0 Å². The Balaban J connectivity index is 3.62. The minimum absolute atomic E-state index is 0.0980. The molecule has 0 aliphatic carbocycles. The lowest BCUT2D eigenvalue weighted by Crippen LogP contribution is -2.45. The van der Waals surface area contributed by atoms with Gasteiger partial charge >= 0.3 is 0 Å². The molecule has 0 aliphatic heterocycles. The van der Waals surface area contributed by atoms with E-state index in [9.17, 15) is 15.0 Å². The summed E-state index contributed by atoms with van der Waals surface area (Å²) in [5, 5.41) is 23.2. The smallest absolute Gasteiger partial charge is 0.220 e. The molecule has 0 aromatic heterocycles. The highest BCUT2D eigenvalue weighted by atomic mass is 16.3. The number of nitrogens with one attached hydrogen (secondary N) is 1. The predicted molar refractivity (Wildman–Crippen MR) is 322 cm³/mol. The molecule has 0 fully saturated rings. The molecule has 4 nitrogen and oxygen atoms in total. The molecule has 0 saturated carbocycles. The third-order valence-electron chi connectivity index (χ3n) is 13.5. The Hall–Kier alpha value is -3.21. The fourth-order valence-corrected chi connectivity index (χ4v) is 8.82. The number of hydrogen-bond donors (Lipinski definition) is 3. The third kappa shape index (κ3) is 57.7. The topological polar surface area (TPSA) is 69.6 Å². The van der Waals surface area contributed by atoms with Crippen molar-refractivity contribution in [1.29, 1.82) is 0 Å². The molecule has 2 unspecified atom stereocenters. The summed E-state index contributed by atoms with van der Waals surface area (Å²) in [7, 11) is 0. The summed E-state index contributed by atoms with van der Waals surface area (Å²) >= 11 is 0. The first-order valence-electron chi connectivity index (χ1n) is 30.7. The van der Waals surface area contributed by atoms with Crippen molar-refractivity contribution in [2.45, 2.75) is 296 Å². The van der Waals surface area contributed by atoms with E-state index in [-0.39, 0.29) is 12.5 Å². The van der Waals surface area contributed by atoms with E-state index < -0.39 is 12.1 Å². The summed E-state index contributed by atoms with van der Waals surface area (Å²) in [4.78, 5) is 12.5. The van der Waals surface area contributed by atoms with Crippen molar-refractivity contribution < 1.29 is 15.0 Å². The number of aliphatic hydroxyl groups is 2. The van der Waals surface area contributed by atoms with E-state index in [4.69, 9.17) is 0 Å². The molecule has 0 spiro atoms. The first-order valence-corrected chi connectivity index (χ1v) is 30.7. The SMILES string of the molecule is CC/C=C\C/C=C\C/C=C\C/C=C\C/C=C\C/C=C\C/C=C\C/C=C\C/C=C\CCCCCC(=O)NC(CO)C(O)/C=C/CCCCCCCCCCCCCCCCCCCCCCCCCCCCC.